The van der Waals surface area contributed by atoms with Gasteiger partial charge in [-0.2, -0.15) is 0 Å². The zero-order valence-electron chi connectivity index (χ0n) is 15.9. The minimum Gasteiger partial charge on any atom is -0.476 e. The van der Waals surface area contributed by atoms with Crippen LogP contribution in [0.5, 0.6) is 5.75 Å². The number of hydrogen-bond acceptors (Lipinski definition) is 6. The van der Waals surface area contributed by atoms with Crippen LogP contribution >= 0.6 is 0 Å². The van der Waals surface area contributed by atoms with Crippen LogP contribution in [0.15, 0.2) is 36.4 Å². The minimum atomic E-state index is -0.701. The van der Waals surface area contributed by atoms with Gasteiger partial charge < -0.3 is 15.8 Å². The predicted octanol–water partition coefficient (Wildman–Crippen LogP) is 2.26. The summed E-state index contributed by atoms with van der Waals surface area (Å²) in [5.41, 5.74) is 6.76. The normalized spacial score (nSPS) is 15.8. The number of nitrogen functional groups attached to an aromatic ring is 1. The standard InChI is InChI=1S/C20H22N4O4/c1-11(2)18-20(27)24(19-16(28-18)8-9-17(21)23-19)10-15(26)13-4-6-14(7-5-13)22-12(3)25/h4-9,11,18H,10H2,1-3H3,(H2,21,23)(H,22,25). The van der Waals surface area contributed by atoms with Crippen LogP contribution in [0.1, 0.15) is 31.1 Å². The van der Waals surface area contributed by atoms with Crippen LogP contribution in [0.2, 0.25) is 0 Å². The van der Waals surface area contributed by atoms with E-state index in [1.165, 1.54) is 11.8 Å². The van der Waals surface area contributed by atoms with Crippen molar-refractivity contribution in [2.45, 2.75) is 26.9 Å². The van der Waals surface area contributed by atoms with Crippen LogP contribution in [0.25, 0.3) is 0 Å². The Morgan fingerprint density at radius 3 is 2.50 bits per heavy atom. The molecule has 1 aliphatic rings. The fourth-order valence-corrected chi connectivity index (χ4v) is 2.93. The number of Topliss-reactive ketones (excluding diaryl/α,β-unsaturated/α-hetero) is 1. The maximum Gasteiger partial charge on any atom is 0.270 e. The summed E-state index contributed by atoms with van der Waals surface area (Å²) in [6, 6.07) is 9.72. The lowest BCUT2D eigenvalue weighted by molar-refractivity contribution is -0.128. The van der Waals surface area contributed by atoms with Crippen molar-refractivity contribution in [1.82, 2.24) is 4.98 Å². The Morgan fingerprint density at radius 1 is 1.21 bits per heavy atom. The van der Waals surface area contributed by atoms with Crippen molar-refractivity contribution in [3.63, 3.8) is 0 Å². The number of ketones is 1. The lowest BCUT2D eigenvalue weighted by atomic mass is 10.0. The summed E-state index contributed by atoms with van der Waals surface area (Å²) in [5.74, 6) is 0.0264. The van der Waals surface area contributed by atoms with Gasteiger partial charge in [-0.25, -0.2) is 4.98 Å². The van der Waals surface area contributed by atoms with Crippen molar-refractivity contribution < 1.29 is 19.1 Å². The molecule has 0 spiro atoms. The topological polar surface area (TPSA) is 115 Å². The highest BCUT2D eigenvalue weighted by atomic mass is 16.5. The van der Waals surface area contributed by atoms with Crippen LogP contribution in [0, 0.1) is 5.92 Å². The number of fused-ring (bicyclic) bond motifs is 1. The molecule has 2 amide bonds. The van der Waals surface area contributed by atoms with Crippen molar-refractivity contribution in [3.05, 3.63) is 42.0 Å². The molecule has 2 aromatic rings. The van der Waals surface area contributed by atoms with Gasteiger partial charge in [0.05, 0.1) is 6.54 Å². The van der Waals surface area contributed by atoms with Crippen molar-refractivity contribution in [2.75, 3.05) is 22.5 Å². The Bertz CT molecular complexity index is 924. The number of nitrogens with zero attached hydrogens (tertiary/aromatic N) is 2. The SMILES string of the molecule is CC(=O)Nc1ccc(C(=O)CN2C(=O)C(C(C)C)Oc3ccc(N)nc32)cc1. The number of ether oxygens (including phenoxy) is 1. The maximum absolute atomic E-state index is 12.9. The number of anilines is 3. The molecule has 0 saturated carbocycles. The number of nitrogens with one attached hydrogen (secondary N) is 1. The van der Waals surface area contributed by atoms with E-state index < -0.39 is 6.10 Å². The van der Waals surface area contributed by atoms with E-state index in [0.717, 1.165) is 0 Å². The molecule has 3 N–H and O–H groups in total. The third-order valence-corrected chi connectivity index (χ3v) is 4.31. The van der Waals surface area contributed by atoms with E-state index in [9.17, 15) is 14.4 Å². The molecule has 3 rings (SSSR count). The van der Waals surface area contributed by atoms with E-state index in [4.69, 9.17) is 10.5 Å². The monoisotopic (exact) mass is 382 g/mol. The highest BCUT2D eigenvalue weighted by Gasteiger charge is 2.38. The summed E-state index contributed by atoms with van der Waals surface area (Å²) in [6.45, 7) is 4.97. The fourth-order valence-electron chi connectivity index (χ4n) is 2.93. The third kappa shape index (κ3) is 3.95. The van der Waals surface area contributed by atoms with Gasteiger partial charge >= 0.3 is 0 Å². The summed E-state index contributed by atoms with van der Waals surface area (Å²) >= 11 is 0. The first kappa shape index (κ1) is 19.3. The zero-order valence-corrected chi connectivity index (χ0v) is 15.9. The minimum absolute atomic E-state index is 0.0762. The molecular formula is C20H22N4O4. The van der Waals surface area contributed by atoms with Crippen LogP contribution in [0.4, 0.5) is 17.3 Å². The second-order valence-electron chi connectivity index (χ2n) is 6.95. The summed E-state index contributed by atoms with van der Waals surface area (Å²) < 4.78 is 5.77. The number of carbonyl (C=O) groups excluding carboxylic acids is 3. The first-order valence-corrected chi connectivity index (χ1v) is 8.91. The maximum atomic E-state index is 12.9. The smallest absolute Gasteiger partial charge is 0.270 e. The van der Waals surface area contributed by atoms with E-state index in [0.29, 0.717) is 17.0 Å². The van der Waals surface area contributed by atoms with Crippen LogP contribution in [0.3, 0.4) is 0 Å². The molecule has 2 heterocycles. The second kappa shape index (κ2) is 7.67. The molecule has 1 aromatic heterocycles. The first-order chi connectivity index (χ1) is 13.3. The second-order valence-corrected chi connectivity index (χ2v) is 6.95. The predicted molar refractivity (Wildman–Crippen MR) is 105 cm³/mol. The highest BCUT2D eigenvalue weighted by molar-refractivity contribution is 6.08. The van der Waals surface area contributed by atoms with Crippen molar-refractivity contribution in [1.29, 1.82) is 0 Å². The molecule has 0 aliphatic carbocycles. The molecule has 8 nitrogen and oxygen atoms in total. The van der Waals surface area contributed by atoms with E-state index in [1.54, 1.807) is 36.4 Å². The fraction of sp³-hybridized carbons (Fsp3) is 0.300. The number of amides is 2. The van der Waals surface area contributed by atoms with Crippen molar-refractivity contribution in [3.8, 4) is 5.75 Å². The van der Waals surface area contributed by atoms with Crippen LogP contribution in [-0.2, 0) is 9.59 Å². The molecule has 1 unspecified atom stereocenters. The van der Waals surface area contributed by atoms with Crippen LogP contribution in [-0.4, -0.2) is 35.2 Å². The lowest BCUT2D eigenvalue weighted by Gasteiger charge is -2.34. The van der Waals surface area contributed by atoms with Crippen LogP contribution < -0.4 is 20.7 Å². The van der Waals surface area contributed by atoms with E-state index in [1.807, 2.05) is 13.8 Å². The van der Waals surface area contributed by atoms with Gasteiger partial charge in [0.25, 0.3) is 5.91 Å². The van der Waals surface area contributed by atoms with Gasteiger partial charge in [0, 0.05) is 18.2 Å². The highest BCUT2D eigenvalue weighted by Crippen LogP contribution is 2.34. The number of benzene rings is 1. The molecule has 0 saturated heterocycles. The zero-order chi connectivity index (χ0) is 20.4. The molecule has 0 fully saturated rings. The molecular weight excluding hydrogens is 360 g/mol. The number of pyridine rings is 1. The quantitative estimate of drug-likeness (QED) is 0.767. The summed E-state index contributed by atoms with van der Waals surface area (Å²) in [4.78, 5) is 42.3. The third-order valence-electron chi connectivity index (χ3n) is 4.31. The number of aromatic nitrogens is 1. The Balaban J connectivity index is 1.87. The molecule has 1 aliphatic heterocycles. The molecule has 1 atom stereocenters. The Labute approximate surface area is 162 Å². The summed E-state index contributed by atoms with van der Waals surface area (Å²) in [7, 11) is 0. The van der Waals surface area contributed by atoms with Crippen molar-refractivity contribution in [2.24, 2.45) is 5.92 Å². The van der Waals surface area contributed by atoms with Gasteiger partial charge in [0.15, 0.2) is 23.5 Å². The van der Waals surface area contributed by atoms with Gasteiger partial charge in [0.1, 0.15) is 5.82 Å². The summed E-state index contributed by atoms with van der Waals surface area (Å²) in [6.07, 6.45) is -0.701. The molecule has 8 heteroatoms. The van der Waals surface area contributed by atoms with Gasteiger partial charge in [0.2, 0.25) is 5.91 Å². The number of carbonyl (C=O) groups is 3. The van der Waals surface area contributed by atoms with Gasteiger partial charge in [-0.1, -0.05) is 13.8 Å². The lowest BCUT2D eigenvalue weighted by Crippen LogP contribution is -2.50. The average Bonchev–Trinajstić information content (AvgIpc) is 2.63. The van der Waals surface area contributed by atoms with Gasteiger partial charge in [-0.3, -0.25) is 19.3 Å². The van der Waals surface area contributed by atoms with Crippen molar-refractivity contribution >= 4 is 34.9 Å². The first-order valence-electron chi connectivity index (χ1n) is 8.91. The largest absolute Gasteiger partial charge is 0.476 e. The number of hydrogen-bond donors (Lipinski definition) is 2. The molecule has 0 radical (unpaired) electrons. The Morgan fingerprint density at radius 2 is 1.89 bits per heavy atom. The number of nitrogens with two attached hydrogens (primary N) is 1. The van der Waals surface area contributed by atoms with Gasteiger partial charge in [-0.05, 0) is 42.3 Å². The molecule has 28 heavy (non-hydrogen) atoms. The molecule has 0 bridgehead atoms. The van der Waals surface area contributed by atoms with E-state index in [2.05, 4.69) is 10.3 Å². The van der Waals surface area contributed by atoms with E-state index in [-0.39, 0.29) is 41.7 Å². The Hall–Kier alpha value is -3.42. The molecule has 1 aromatic carbocycles. The number of rotatable bonds is 5. The van der Waals surface area contributed by atoms with Gasteiger partial charge in [-0.15, -0.1) is 0 Å². The average molecular weight is 382 g/mol. The Kier molecular flexibility index (Phi) is 5.30. The molecule has 146 valence electrons. The summed E-state index contributed by atoms with van der Waals surface area (Å²) in [5, 5.41) is 2.64. The van der Waals surface area contributed by atoms with E-state index >= 15 is 0 Å².